The number of nitrogens with zero attached hydrogens (tertiary/aromatic N) is 2. The molecule has 0 bridgehead atoms. The maximum atomic E-state index is 6.22. The largest absolute Gasteiger partial charge is 0.326 e. The molecule has 0 aliphatic carbocycles. The van der Waals surface area contributed by atoms with E-state index in [1.807, 2.05) is 18.3 Å². The van der Waals surface area contributed by atoms with E-state index in [1.54, 1.807) is 0 Å². The number of aromatic nitrogens is 1. The summed E-state index contributed by atoms with van der Waals surface area (Å²) in [7, 11) is 0. The molecule has 19 heavy (non-hydrogen) atoms. The minimum Gasteiger partial charge on any atom is -0.326 e. The molecule has 0 radical (unpaired) electrons. The van der Waals surface area contributed by atoms with E-state index in [9.17, 15) is 0 Å². The molecular formula is C16H29N3. The van der Waals surface area contributed by atoms with E-state index in [0.29, 0.717) is 0 Å². The van der Waals surface area contributed by atoms with Crippen molar-refractivity contribution in [3.8, 4) is 0 Å². The van der Waals surface area contributed by atoms with E-state index >= 15 is 0 Å². The molecule has 2 unspecified atom stereocenters. The number of rotatable bonds is 8. The zero-order valence-corrected chi connectivity index (χ0v) is 12.8. The van der Waals surface area contributed by atoms with Gasteiger partial charge in [0.2, 0.25) is 0 Å². The number of hydrogen-bond acceptors (Lipinski definition) is 3. The van der Waals surface area contributed by atoms with Crippen LogP contribution < -0.4 is 5.73 Å². The summed E-state index contributed by atoms with van der Waals surface area (Å²) in [4.78, 5) is 6.98. The predicted molar refractivity (Wildman–Crippen MR) is 81.9 cm³/mol. The van der Waals surface area contributed by atoms with Crippen molar-refractivity contribution < 1.29 is 0 Å². The van der Waals surface area contributed by atoms with Gasteiger partial charge in [-0.2, -0.15) is 0 Å². The van der Waals surface area contributed by atoms with Crippen molar-refractivity contribution in [2.75, 3.05) is 13.1 Å². The van der Waals surface area contributed by atoms with Crippen molar-refractivity contribution in [2.45, 2.75) is 52.6 Å². The van der Waals surface area contributed by atoms with Crippen LogP contribution in [0.15, 0.2) is 24.4 Å². The van der Waals surface area contributed by atoms with Crippen LogP contribution in [0.3, 0.4) is 0 Å². The van der Waals surface area contributed by atoms with Gasteiger partial charge < -0.3 is 5.73 Å². The van der Waals surface area contributed by atoms with E-state index in [0.717, 1.165) is 24.7 Å². The van der Waals surface area contributed by atoms with E-state index in [1.165, 1.54) is 12.8 Å². The molecule has 1 rings (SSSR count). The molecule has 0 aliphatic rings. The van der Waals surface area contributed by atoms with Crippen LogP contribution in [0.1, 0.15) is 52.3 Å². The van der Waals surface area contributed by atoms with Crippen LogP contribution in [0.2, 0.25) is 0 Å². The van der Waals surface area contributed by atoms with Gasteiger partial charge in [0, 0.05) is 18.8 Å². The second-order valence-electron chi connectivity index (χ2n) is 5.33. The highest BCUT2D eigenvalue weighted by molar-refractivity contribution is 5.11. The quantitative estimate of drug-likeness (QED) is 0.783. The van der Waals surface area contributed by atoms with Gasteiger partial charge in [-0.15, -0.1) is 0 Å². The van der Waals surface area contributed by atoms with Gasteiger partial charge in [-0.25, -0.2) is 0 Å². The lowest BCUT2D eigenvalue weighted by atomic mass is 9.98. The van der Waals surface area contributed by atoms with Gasteiger partial charge in [0.25, 0.3) is 0 Å². The van der Waals surface area contributed by atoms with E-state index in [2.05, 4.69) is 43.6 Å². The second-order valence-corrected chi connectivity index (χ2v) is 5.33. The molecule has 2 N–H and O–H groups in total. The summed E-state index contributed by atoms with van der Waals surface area (Å²) in [6.45, 7) is 10.9. The zero-order valence-electron chi connectivity index (χ0n) is 12.8. The lowest BCUT2D eigenvalue weighted by Gasteiger charge is -2.35. The second kappa shape index (κ2) is 8.28. The SMILES string of the molecule is CCC(CC)CN(CC)C(c1ccccn1)C(C)N. The highest BCUT2D eigenvalue weighted by Gasteiger charge is 2.25. The third-order valence-corrected chi connectivity index (χ3v) is 3.94. The van der Waals surface area contributed by atoms with E-state index < -0.39 is 0 Å². The van der Waals surface area contributed by atoms with Gasteiger partial charge in [-0.1, -0.05) is 39.7 Å². The Morgan fingerprint density at radius 3 is 2.32 bits per heavy atom. The lowest BCUT2D eigenvalue weighted by Crippen LogP contribution is -2.42. The minimum absolute atomic E-state index is 0.0872. The molecule has 1 aromatic rings. The van der Waals surface area contributed by atoms with Gasteiger partial charge in [-0.05, 0) is 31.5 Å². The van der Waals surface area contributed by atoms with Crippen molar-refractivity contribution in [2.24, 2.45) is 11.7 Å². The van der Waals surface area contributed by atoms with Crippen LogP contribution in [0.5, 0.6) is 0 Å². The number of pyridine rings is 1. The lowest BCUT2D eigenvalue weighted by molar-refractivity contribution is 0.150. The van der Waals surface area contributed by atoms with Gasteiger partial charge in [0.15, 0.2) is 0 Å². The standard InChI is InChI=1S/C16H29N3/c1-5-14(6-2)12-19(7-3)16(13(4)17)15-10-8-9-11-18-15/h8-11,13-14,16H,5-7,12,17H2,1-4H3. The molecule has 0 aliphatic heterocycles. The summed E-state index contributed by atoms with van der Waals surface area (Å²) >= 11 is 0. The maximum absolute atomic E-state index is 6.22. The molecule has 0 saturated carbocycles. The average Bonchev–Trinajstić information content (AvgIpc) is 2.43. The van der Waals surface area contributed by atoms with Crippen LogP contribution in [0, 0.1) is 5.92 Å². The van der Waals surface area contributed by atoms with E-state index in [-0.39, 0.29) is 12.1 Å². The number of hydrogen-bond donors (Lipinski definition) is 1. The number of likely N-dealkylation sites (N-methyl/N-ethyl adjacent to an activating group) is 1. The van der Waals surface area contributed by atoms with Crippen molar-refractivity contribution in [3.63, 3.8) is 0 Å². The first-order valence-electron chi connectivity index (χ1n) is 7.54. The molecule has 0 amide bonds. The fourth-order valence-corrected chi connectivity index (χ4v) is 2.66. The summed E-state index contributed by atoms with van der Waals surface area (Å²) in [5.74, 6) is 0.741. The first-order chi connectivity index (χ1) is 9.13. The summed E-state index contributed by atoms with van der Waals surface area (Å²) in [6, 6.07) is 6.39. The van der Waals surface area contributed by atoms with Gasteiger partial charge in [0.1, 0.15) is 0 Å². The average molecular weight is 263 g/mol. The Labute approximate surface area is 118 Å². The van der Waals surface area contributed by atoms with E-state index in [4.69, 9.17) is 5.73 Å². The number of nitrogens with two attached hydrogens (primary N) is 1. The fraction of sp³-hybridized carbons (Fsp3) is 0.688. The van der Waals surface area contributed by atoms with Gasteiger partial charge in [0.05, 0.1) is 11.7 Å². The van der Waals surface area contributed by atoms with Crippen LogP contribution in [-0.2, 0) is 0 Å². The molecule has 3 heteroatoms. The maximum Gasteiger partial charge on any atom is 0.0670 e. The van der Waals surface area contributed by atoms with Crippen LogP contribution in [-0.4, -0.2) is 29.0 Å². The van der Waals surface area contributed by atoms with Crippen molar-refractivity contribution in [1.82, 2.24) is 9.88 Å². The van der Waals surface area contributed by atoms with Gasteiger partial charge >= 0.3 is 0 Å². The predicted octanol–water partition coefficient (Wildman–Crippen LogP) is 3.23. The summed E-state index contributed by atoms with van der Waals surface area (Å²) in [5, 5.41) is 0. The van der Waals surface area contributed by atoms with Crippen molar-refractivity contribution in [3.05, 3.63) is 30.1 Å². The Balaban J connectivity index is 2.89. The third-order valence-electron chi connectivity index (χ3n) is 3.94. The molecule has 0 spiro atoms. The molecule has 1 heterocycles. The molecule has 0 aromatic carbocycles. The highest BCUT2D eigenvalue weighted by atomic mass is 15.2. The fourth-order valence-electron chi connectivity index (χ4n) is 2.66. The van der Waals surface area contributed by atoms with Gasteiger partial charge in [-0.3, -0.25) is 9.88 Å². The molecular weight excluding hydrogens is 234 g/mol. The zero-order chi connectivity index (χ0) is 14.3. The third kappa shape index (κ3) is 4.59. The normalized spacial score (nSPS) is 14.9. The Morgan fingerprint density at radius 2 is 1.89 bits per heavy atom. The van der Waals surface area contributed by atoms with Crippen molar-refractivity contribution >= 4 is 0 Å². The van der Waals surface area contributed by atoms with Crippen LogP contribution in [0.4, 0.5) is 0 Å². The Kier molecular flexibility index (Phi) is 7.03. The Morgan fingerprint density at radius 1 is 1.21 bits per heavy atom. The summed E-state index contributed by atoms with van der Waals surface area (Å²) in [5.41, 5.74) is 7.31. The first kappa shape index (κ1) is 16.1. The first-order valence-corrected chi connectivity index (χ1v) is 7.54. The highest BCUT2D eigenvalue weighted by Crippen LogP contribution is 2.24. The molecule has 0 saturated heterocycles. The smallest absolute Gasteiger partial charge is 0.0670 e. The summed E-state index contributed by atoms with van der Waals surface area (Å²) in [6.07, 6.45) is 4.30. The Hall–Kier alpha value is -0.930. The molecule has 2 atom stereocenters. The minimum atomic E-state index is 0.0872. The molecule has 108 valence electrons. The monoisotopic (exact) mass is 263 g/mol. The molecule has 1 aromatic heterocycles. The summed E-state index contributed by atoms with van der Waals surface area (Å²) < 4.78 is 0. The van der Waals surface area contributed by atoms with Crippen LogP contribution in [0.25, 0.3) is 0 Å². The Bertz CT molecular complexity index is 333. The van der Waals surface area contributed by atoms with Crippen molar-refractivity contribution in [1.29, 1.82) is 0 Å². The topological polar surface area (TPSA) is 42.2 Å². The molecule has 0 fully saturated rings. The van der Waals surface area contributed by atoms with Crippen LogP contribution >= 0.6 is 0 Å². The molecule has 3 nitrogen and oxygen atoms in total.